The molecule has 0 amide bonds. The van der Waals surface area contributed by atoms with Gasteiger partial charge >= 0.3 is 5.97 Å². The van der Waals surface area contributed by atoms with E-state index in [4.69, 9.17) is 9.84 Å². The summed E-state index contributed by atoms with van der Waals surface area (Å²) in [5.74, 6) is 1.31. The Morgan fingerprint density at radius 1 is 1.03 bits per heavy atom. The monoisotopic (exact) mass is 463 g/mol. The highest BCUT2D eigenvalue weighted by Crippen LogP contribution is 2.47. The van der Waals surface area contributed by atoms with E-state index in [0.717, 1.165) is 51.6 Å². The van der Waals surface area contributed by atoms with Crippen molar-refractivity contribution < 1.29 is 19.7 Å². The van der Waals surface area contributed by atoms with Gasteiger partial charge < -0.3 is 20.3 Å². The number of aliphatic hydroxyl groups is 1. The van der Waals surface area contributed by atoms with Gasteiger partial charge in [0.2, 0.25) is 0 Å². The highest BCUT2D eigenvalue weighted by Gasteiger charge is 2.47. The Labute approximate surface area is 201 Å². The molecule has 0 aromatic rings. The van der Waals surface area contributed by atoms with Crippen LogP contribution >= 0.6 is 0 Å². The van der Waals surface area contributed by atoms with Gasteiger partial charge in [0.15, 0.2) is 0 Å². The molecule has 1 unspecified atom stereocenters. The third-order valence-corrected chi connectivity index (χ3v) is 8.57. The molecule has 5 nitrogen and oxygen atoms in total. The van der Waals surface area contributed by atoms with Crippen LogP contribution in [-0.4, -0.2) is 47.1 Å². The molecule has 5 atom stereocenters. The van der Waals surface area contributed by atoms with Crippen LogP contribution in [0.15, 0.2) is 12.2 Å². The van der Waals surface area contributed by atoms with Crippen LogP contribution in [0.25, 0.3) is 0 Å². The zero-order valence-corrected chi connectivity index (χ0v) is 21.0. The summed E-state index contributed by atoms with van der Waals surface area (Å²) in [5.41, 5.74) is -0.539. The normalized spacial score (nSPS) is 29.6. The molecule has 190 valence electrons. The number of carbonyl (C=O) groups is 1. The predicted molar refractivity (Wildman–Crippen MR) is 133 cm³/mol. The molecule has 2 saturated heterocycles. The van der Waals surface area contributed by atoms with Gasteiger partial charge in [-0.25, -0.2) is 0 Å². The van der Waals surface area contributed by atoms with E-state index in [9.17, 15) is 9.90 Å². The van der Waals surface area contributed by atoms with Gasteiger partial charge in [0.05, 0.1) is 17.8 Å². The Balaban J connectivity index is 1.30. The van der Waals surface area contributed by atoms with Crippen molar-refractivity contribution >= 4 is 5.97 Å². The second-order valence-electron chi connectivity index (χ2n) is 11.1. The average molecular weight is 464 g/mol. The molecule has 2 aliphatic heterocycles. The highest BCUT2D eigenvalue weighted by molar-refractivity contribution is 5.66. The second-order valence-corrected chi connectivity index (χ2v) is 11.1. The lowest BCUT2D eigenvalue weighted by Gasteiger charge is -2.33. The fourth-order valence-corrected chi connectivity index (χ4v) is 6.56. The number of fused-ring (bicyclic) bond motifs is 2. The molecule has 2 heterocycles. The molecule has 2 bridgehead atoms. The molecule has 3 aliphatic rings. The summed E-state index contributed by atoms with van der Waals surface area (Å²) < 4.78 is 6.26. The molecule has 0 spiro atoms. The fourth-order valence-electron chi connectivity index (χ4n) is 6.56. The lowest BCUT2D eigenvalue weighted by atomic mass is 9.75. The van der Waals surface area contributed by atoms with E-state index in [1.807, 2.05) is 0 Å². The number of hydrogen-bond acceptors (Lipinski definition) is 4. The van der Waals surface area contributed by atoms with Gasteiger partial charge in [-0.1, -0.05) is 57.6 Å². The first-order valence-electron chi connectivity index (χ1n) is 14.0. The fraction of sp³-hybridized carbons (Fsp3) is 0.893. The maximum atomic E-state index is 11.1. The summed E-state index contributed by atoms with van der Waals surface area (Å²) in [4.78, 5) is 10.6. The first-order chi connectivity index (χ1) is 16.0. The van der Waals surface area contributed by atoms with Crippen LogP contribution in [0.4, 0.5) is 0 Å². The zero-order valence-electron chi connectivity index (χ0n) is 21.0. The average Bonchev–Trinajstić information content (AvgIpc) is 3.41. The topological polar surface area (TPSA) is 78.8 Å². The zero-order chi connectivity index (χ0) is 23.5. The van der Waals surface area contributed by atoms with Gasteiger partial charge in [-0.05, 0) is 82.1 Å². The van der Waals surface area contributed by atoms with Gasteiger partial charge in [-0.2, -0.15) is 0 Å². The van der Waals surface area contributed by atoms with E-state index >= 15 is 0 Å². The van der Waals surface area contributed by atoms with Crippen LogP contribution in [0.2, 0.25) is 0 Å². The maximum absolute atomic E-state index is 11.1. The molecule has 0 radical (unpaired) electrons. The van der Waals surface area contributed by atoms with Crippen LogP contribution in [0.3, 0.4) is 0 Å². The summed E-state index contributed by atoms with van der Waals surface area (Å²) in [6.45, 7) is 3.84. The number of rotatable bonds is 16. The van der Waals surface area contributed by atoms with E-state index in [1.54, 1.807) is 0 Å². The Morgan fingerprint density at radius 2 is 1.79 bits per heavy atom. The van der Waals surface area contributed by atoms with Gasteiger partial charge in [0.25, 0.3) is 0 Å². The summed E-state index contributed by atoms with van der Waals surface area (Å²) in [7, 11) is 0. The number of hydrogen-bond donors (Lipinski definition) is 3. The number of allylic oxidation sites excluding steroid dienone is 2. The molecule has 1 aliphatic carbocycles. The number of aliphatic carboxylic acids is 1. The minimum absolute atomic E-state index is 0.258. The third-order valence-electron chi connectivity index (χ3n) is 8.57. The van der Waals surface area contributed by atoms with Crippen LogP contribution in [-0.2, 0) is 9.53 Å². The largest absolute Gasteiger partial charge is 0.481 e. The van der Waals surface area contributed by atoms with Gasteiger partial charge in [0.1, 0.15) is 0 Å². The molecule has 3 fully saturated rings. The van der Waals surface area contributed by atoms with Crippen molar-refractivity contribution in [3.05, 3.63) is 12.2 Å². The van der Waals surface area contributed by atoms with Crippen LogP contribution in [0.5, 0.6) is 0 Å². The smallest absolute Gasteiger partial charge is 0.303 e. The van der Waals surface area contributed by atoms with E-state index in [1.165, 1.54) is 57.8 Å². The molecule has 33 heavy (non-hydrogen) atoms. The van der Waals surface area contributed by atoms with Crippen molar-refractivity contribution in [3.8, 4) is 0 Å². The molecular weight excluding hydrogens is 414 g/mol. The molecular formula is C28H49NO4. The van der Waals surface area contributed by atoms with E-state index in [2.05, 4.69) is 24.4 Å². The number of carboxylic acids is 1. The van der Waals surface area contributed by atoms with Crippen LogP contribution in [0, 0.1) is 17.8 Å². The molecule has 0 aromatic carbocycles. The standard InChI is InChI=1S/C28H49NO4/c1-2-28(32,20-22-12-6-5-7-13-22)21-29-19-11-10-15-24-23(25-17-18-26(24)33-25)14-8-3-4-9-16-27(30)31/h3,8,22-26,29,32H,2,4-7,9-21H2,1H3,(H,30,31)/b8-3-/t23-,24+,25-,26+,28?/m1/s1. The van der Waals surface area contributed by atoms with Crippen molar-refractivity contribution in [3.63, 3.8) is 0 Å². The number of nitrogens with one attached hydrogen (secondary N) is 1. The predicted octanol–water partition coefficient (Wildman–Crippen LogP) is 5.85. The SMILES string of the molecule is CCC(O)(CNCCCC[C@H]1[C@@H](C/C=C\CCCC(=O)O)[C@H]2CC[C@@H]1O2)CC1CCCCC1. The third kappa shape index (κ3) is 8.67. The van der Waals surface area contributed by atoms with Crippen molar-refractivity contribution in [2.75, 3.05) is 13.1 Å². The molecule has 3 N–H and O–H groups in total. The Morgan fingerprint density at radius 3 is 2.52 bits per heavy atom. The number of unbranched alkanes of at least 4 members (excludes halogenated alkanes) is 2. The quantitative estimate of drug-likeness (QED) is 0.198. The highest BCUT2D eigenvalue weighted by atomic mass is 16.5. The van der Waals surface area contributed by atoms with Crippen molar-refractivity contribution in [2.24, 2.45) is 17.8 Å². The van der Waals surface area contributed by atoms with E-state index in [0.29, 0.717) is 30.0 Å². The van der Waals surface area contributed by atoms with Gasteiger partial charge in [-0.15, -0.1) is 0 Å². The Kier molecular flexibility index (Phi) is 11.2. The van der Waals surface area contributed by atoms with Crippen LogP contribution < -0.4 is 5.32 Å². The summed E-state index contributed by atoms with van der Waals surface area (Å²) in [6, 6.07) is 0. The molecule has 5 heteroatoms. The lowest BCUT2D eigenvalue weighted by Crippen LogP contribution is -2.42. The Hall–Kier alpha value is -0.910. The van der Waals surface area contributed by atoms with Gasteiger partial charge in [0, 0.05) is 13.0 Å². The Bertz CT molecular complexity index is 603. The minimum atomic E-state index is -0.706. The molecule has 0 aromatic heterocycles. The molecule has 3 rings (SSSR count). The summed E-state index contributed by atoms with van der Waals surface area (Å²) in [6.07, 6.45) is 22.7. The maximum Gasteiger partial charge on any atom is 0.303 e. The number of ether oxygens (including phenoxy) is 1. The summed E-state index contributed by atoms with van der Waals surface area (Å²) >= 11 is 0. The van der Waals surface area contributed by atoms with Crippen molar-refractivity contribution in [1.82, 2.24) is 5.32 Å². The molecule has 1 saturated carbocycles. The van der Waals surface area contributed by atoms with Crippen LogP contribution in [0.1, 0.15) is 110 Å². The number of carboxylic acid groups (broad SMARTS) is 1. The van der Waals surface area contributed by atoms with Crippen molar-refractivity contribution in [2.45, 2.75) is 127 Å². The van der Waals surface area contributed by atoms with Crippen molar-refractivity contribution in [1.29, 1.82) is 0 Å². The second kappa shape index (κ2) is 13.8. The van der Waals surface area contributed by atoms with E-state index < -0.39 is 11.6 Å². The van der Waals surface area contributed by atoms with E-state index in [-0.39, 0.29) is 6.42 Å². The first kappa shape index (κ1) is 26.7. The summed E-state index contributed by atoms with van der Waals surface area (Å²) in [5, 5.41) is 23.4. The lowest BCUT2D eigenvalue weighted by molar-refractivity contribution is -0.137. The minimum Gasteiger partial charge on any atom is -0.481 e. The first-order valence-corrected chi connectivity index (χ1v) is 14.0. The van der Waals surface area contributed by atoms with Gasteiger partial charge in [-0.3, -0.25) is 4.79 Å².